The zero-order valence-corrected chi connectivity index (χ0v) is 11.5. The van der Waals surface area contributed by atoms with Gasteiger partial charge in [0.1, 0.15) is 25.8 Å². The van der Waals surface area contributed by atoms with Crippen LogP contribution in [0.2, 0.25) is 0 Å². The molecule has 0 aromatic heterocycles. The number of ether oxygens (including phenoxy) is 5. The first-order valence-corrected chi connectivity index (χ1v) is 6.12. The van der Waals surface area contributed by atoms with Crippen LogP contribution in [0.1, 0.15) is 13.3 Å². The molecule has 1 saturated carbocycles. The van der Waals surface area contributed by atoms with E-state index < -0.39 is 24.3 Å². The lowest BCUT2D eigenvalue weighted by Crippen LogP contribution is -2.36. The first-order valence-electron chi connectivity index (χ1n) is 6.12. The molecule has 0 bridgehead atoms. The molecule has 4 unspecified atom stereocenters. The SMILES string of the molecule is COCOCC1CC(OC(C)=O)C(O)C1OCOC. The van der Waals surface area contributed by atoms with Crippen molar-refractivity contribution < 1.29 is 33.6 Å². The molecule has 0 heterocycles. The Kier molecular flexibility index (Phi) is 7.25. The van der Waals surface area contributed by atoms with Gasteiger partial charge in [-0.1, -0.05) is 0 Å². The standard InChI is InChI=1S/C12H22O7/c1-8(13)19-10-4-9(5-17-6-15-2)12(11(10)14)18-7-16-3/h9-12,14H,4-7H2,1-3H3. The number of hydrogen-bond donors (Lipinski definition) is 1. The maximum absolute atomic E-state index is 11.0. The van der Waals surface area contributed by atoms with Gasteiger partial charge in [0.2, 0.25) is 0 Å². The highest BCUT2D eigenvalue weighted by atomic mass is 16.7. The summed E-state index contributed by atoms with van der Waals surface area (Å²) in [6, 6.07) is 0. The number of methoxy groups -OCH3 is 2. The van der Waals surface area contributed by atoms with Gasteiger partial charge in [0.25, 0.3) is 0 Å². The number of rotatable bonds is 8. The number of carbonyl (C=O) groups is 1. The Labute approximate surface area is 112 Å². The summed E-state index contributed by atoms with van der Waals surface area (Å²) in [5, 5.41) is 10.1. The molecule has 1 aliphatic rings. The van der Waals surface area contributed by atoms with Crippen LogP contribution in [-0.4, -0.2) is 63.8 Å². The third-order valence-corrected chi connectivity index (χ3v) is 2.95. The van der Waals surface area contributed by atoms with Crippen molar-refractivity contribution in [2.75, 3.05) is 34.4 Å². The summed E-state index contributed by atoms with van der Waals surface area (Å²) >= 11 is 0. The first kappa shape index (κ1) is 16.3. The van der Waals surface area contributed by atoms with Gasteiger partial charge >= 0.3 is 5.97 Å². The summed E-state index contributed by atoms with van der Waals surface area (Å²) in [4.78, 5) is 11.0. The number of hydrogen-bond acceptors (Lipinski definition) is 7. The molecule has 1 fully saturated rings. The third kappa shape index (κ3) is 5.04. The van der Waals surface area contributed by atoms with Crippen LogP contribution in [0.25, 0.3) is 0 Å². The quantitative estimate of drug-likeness (QED) is 0.377. The second-order valence-electron chi connectivity index (χ2n) is 4.45. The number of carbonyl (C=O) groups excluding carboxylic acids is 1. The van der Waals surface area contributed by atoms with Crippen molar-refractivity contribution in [3.63, 3.8) is 0 Å². The predicted molar refractivity (Wildman–Crippen MR) is 64.2 cm³/mol. The highest BCUT2D eigenvalue weighted by molar-refractivity contribution is 5.66. The average molecular weight is 278 g/mol. The van der Waals surface area contributed by atoms with E-state index in [1.54, 1.807) is 0 Å². The van der Waals surface area contributed by atoms with Crippen LogP contribution < -0.4 is 0 Å². The lowest BCUT2D eigenvalue weighted by atomic mass is 10.1. The summed E-state index contributed by atoms with van der Waals surface area (Å²) in [7, 11) is 3.03. The summed E-state index contributed by atoms with van der Waals surface area (Å²) < 4.78 is 25.4. The third-order valence-electron chi connectivity index (χ3n) is 2.95. The molecule has 0 aliphatic heterocycles. The molecule has 0 amide bonds. The second-order valence-corrected chi connectivity index (χ2v) is 4.45. The van der Waals surface area contributed by atoms with Crippen LogP contribution in [0.3, 0.4) is 0 Å². The van der Waals surface area contributed by atoms with Crippen LogP contribution >= 0.6 is 0 Å². The van der Waals surface area contributed by atoms with Crippen molar-refractivity contribution in [3.05, 3.63) is 0 Å². The summed E-state index contributed by atoms with van der Waals surface area (Å²) in [6.45, 7) is 1.90. The maximum Gasteiger partial charge on any atom is 0.302 e. The van der Waals surface area contributed by atoms with Crippen LogP contribution in [0.4, 0.5) is 0 Å². The highest BCUT2D eigenvalue weighted by Gasteiger charge is 2.45. The molecular weight excluding hydrogens is 256 g/mol. The smallest absolute Gasteiger partial charge is 0.302 e. The Hall–Kier alpha value is -0.730. The Balaban J connectivity index is 2.55. The molecular formula is C12H22O7. The van der Waals surface area contributed by atoms with Gasteiger partial charge in [0, 0.05) is 27.1 Å². The Bertz CT molecular complexity index is 271. The highest BCUT2D eigenvalue weighted by Crippen LogP contribution is 2.31. The molecule has 0 saturated heterocycles. The minimum Gasteiger partial charge on any atom is -0.460 e. The van der Waals surface area contributed by atoms with Gasteiger partial charge in [-0.15, -0.1) is 0 Å². The van der Waals surface area contributed by atoms with E-state index in [1.165, 1.54) is 21.1 Å². The largest absolute Gasteiger partial charge is 0.460 e. The van der Waals surface area contributed by atoms with Crippen molar-refractivity contribution >= 4 is 5.97 Å². The zero-order valence-electron chi connectivity index (χ0n) is 11.5. The molecule has 19 heavy (non-hydrogen) atoms. The summed E-state index contributed by atoms with van der Waals surface area (Å²) in [5.74, 6) is -0.502. The number of esters is 1. The lowest BCUT2D eigenvalue weighted by molar-refractivity contribution is -0.159. The fourth-order valence-corrected chi connectivity index (χ4v) is 2.22. The molecule has 4 atom stereocenters. The van der Waals surface area contributed by atoms with Gasteiger partial charge in [-0.2, -0.15) is 0 Å². The molecule has 0 aromatic carbocycles. The molecule has 0 aromatic rings. The van der Waals surface area contributed by atoms with Crippen molar-refractivity contribution in [2.24, 2.45) is 5.92 Å². The van der Waals surface area contributed by atoms with Crippen LogP contribution in [0.5, 0.6) is 0 Å². The fraction of sp³-hybridized carbons (Fsp3) is 0.917. The van der Waals surface area contributed by atoms with Gasteiger partial charge in [-0.05, 0) is 6.42 Å². The average Bonchev–Trinajstić information content (AvgIpc) is 2.64. The van der Waals surface area contributed by atoms with Crippen LogP contribution in [0.15, 0.2) is 0 Å². The Morgan fingerprint density at radius 1 is 1.26 bits per heavy atom. The van der Waals surface area contributed by atoms with Crippen molar-refractivity contribution in [2.45, 2.75) is 31.7 Å². The maximum atomic E-state index is 11.0. The van der Waals surface area contributed by atoms with Gasteiger partial charge in [-0.3, -0.25) is 4.79 Å². The van der Waals surface area contributed by atoms with Crippen molar-refractivity contribution in [3.8, 4) is 0 Å². The Morgan fingerprint density at radius 3 is 2.53 bits per heavy atom. The van der Waals surface area contributed by atoms with E-state index in [1.807, 2.05) is 0 Å². The molecule has 1 N–H and O–H groups in total. The van der Waals surface area contributed by atoms with Gasteiger partial charge in [0.05, 0.1) is 12.7 Å². The minimum atomic E-state index is -0.879. The predicted octanol–water partition coefficient (Wildman–Crippen LogP) is -0.0915. The lowest BCUT2D eigenvalue weighted by Gasteiger charge is -2.22. The van der Waals surface area contributed by atoms with Crippen molar-refractivity contribution in [1.82, 2.24) is 0 Å². The Morgan fingerprint density at radius 2 is 1.95 bits per heavy atom. The monoisotopic (exact) mass is 278 g/mol. The van der Waals surface area contributed by atoms with E-state index in [4.69, 9.17) is 23.7 Å². The first-order chi connectivity index (χ1) is 9.10. The molecule has 1 aliphatic carbocycles. The second kappa shape index (κ2) is 8.44. The molecule has 0 radical (unpaired) electrons. The van der Waals surface area contributed by atoms with Crippen LogP contribution in [0, 0.1) is 5.92 Å². The van der Waals surface area contributed by atoms with Crippen LogP contribution in [-0.2, 0) is 28.5 Å². The normalized spacial score (nSPS) is 30.5. The number of aliphatic hydroxyl groups is 1. The molecule has 1 rings (SSSR count). The topological polar surface area (TPSA) is 83.5 Å². The van der Waals surface area contributed by atoms with E-state index in [0.29, 0.717) is 13.0 Å². The zero-order chi connectivity index (χ0) is 14.3. The van der Waals surface area contributed by atoms with E-state index >= 15 is 0 Å². The van der Waals surface area contributed by atoms with E-state index in [0.717, 1.165) is 0 Å². The minimum absolute atomic E-state index is 0.0648. The fourth-order valence-electron chi connectivity index (χ4n) is 2.22. The van der Waals surface area contributed by atoms with E-state index in [9.17, 15) is 9.90 Å². The molecule has 0 spiro atoms. The van der Waals surface area contributed by atoms with Crippen molar-refractivity contribution in [1.29, 1.82) is 0 Å². The molecule has 7 nitrogen and oxygen atoms in total. The van der Waals surface area contributed by atoms with Gasteiger partial charge in [0.15, 0.2) is 0 Å². The summed E-state index contributed by atoms with van der Waals surface area (Å²) in [5.41, 5.74) is 0. The molecule has 7 heteroatoms. The molecule has 112 valence electrons. The summed E-state index contributed by atoms with van der Waals surface area (Å²) in [6.07, 6.45) is -1.45. The number of aliphatic hydroxyl groups excluding tert-OH is 1. The van der Waals surface area contributed by atoms with E-state index in [2.05, 4.69) is 0 Å². The van der Waals surface area contributed by atoms with Gasteiger partial charge < -0.3 is 28.8 Å². The van der Waals surface area contributed by atoms with E-state index in [-0.39, 0.29) is 19.5 Å². The van der Waals surface area contributed by atoms with Gasteiger partial charge in [-0.25, -0.2) is 0 Å².